The van der Waals surface area contributed by atoms with Crippen LogP contribution in [0.15, 0.2) is 146 Å². The average Bonchev–Trinajstić information content (AvgIpc) is 3.70. The highest BCUT2D eigenvalue weighted by molar-refractivity contribution is 7.26. The van der Waals surface area contributed by atoms with Gasteiger partial charge in [0.05, 0.1) is 15.8 Å². The molecule has 2 aliphatic carbocycles. The molecular weight excluding hydrogens is 539 g/mol. The molecule has 7 aromatic carbocycles. The summed E-state index contributed by atoms with van der Waals surface area (Å²) in [5.74, 6) is 0. The molecule has 1 N–H and O–H groups in total. The van der Waals surface area contributed by atoms with Crippen molar-refractivity contribution in [1.29, 1.82) is 0 Å². The van der Waals surface area contributed by atoms with Crippen LogP contribution in [0.5, 0.6) is 0 Å². The third-order valence-electron chi connectivity index (χ3n) is 9.66. The number of anilines is 2. The van der Waals surface area contributed by atoms with Crippen molar-refractivity contribution in [3.63, 3.8) is 0 Å². The van der Waals surface area contributed by atoms with E-state index < -0.39 is 0 Å². The summed E-state index contributed by atoms with van der Waals surface area (Å²) in [5.41, 5.74) is 12.8. The average molecular weight is 564 g/mol. The molecule has 0 unspecified atom stereocenters. The molecule has 200 valence electrons. The van der Waals surface area contributed by atoms with E-state index in [1.807, 2.05) is 11.3 Å². The van der Waals surface area contributed by atoms with E-state index in [0.717, 1.165) is 11.4 Å². The quantitative estimate of drug-likeness (QED) is 0.221. The van der Waals surface area contributed by atoms with Crippen LogP contribution < -0.4 is 5.32 Å². The van der Waals surface area contributed by atoms with Crippen LogP contribution in [0.2, 0.25) is 0 Å². The van der Waals surface area contributed by atoms with Crippen molar-refractivity contribution in [2.24, 2.45) is 0 Å². The van der Waals surface area contributed by atoms with Gasteiger partial charge in [-0.05, 0) is 79.5 Å². The Balaban J connectivity index is 1.17. The van der Waals surface area contributed by atoms with Crippen molar-refractivity contribution in [2.45, 2.75) is 5.41 Å². The molecular formula is C41H25NS. The third kappa shape index (κ3) is 2.96. The number of hydrogen-bond acceptors (Lipinski definition) is 2. The number of benzene rings is 7. The minimum absolute atomic E-state index is 0.301. The molecule has 43 heavy (non-hydrogen) atoms. The van der Waals surface area contributed by atoms with Gasteiger partial charge < -0.3 is 5.32 Å². The maximum Gasteiger partial charge on any atom is 0.0725 e. The van der Waals surface area contributed by atoms with Crippen LogP contribution in [-0.2, 0) is 5.41 Å². The number of nitrogens with one attached hydrogen (secondary N) is 1. The van der Waals surface area contributed by atoms with E-state index >= 15 is 0 Å². The maximum absolute atomic E-state index is 3.84. The van der Waals surface area contributed by atoms with Crippen LogP contribution in [0.4, 0.5) is 11.4 Å². The summed E-state index contributed by atoms with van der Waals surface area (Å²) in [6, 6.07) is 53.9. The van der Waals surface area contributed by atoms with Gasteiger partial charge in [0.25, 0.3) is 0 Å². The highest BCUT2D eigenvalue weighted by atomic mass is 32.1. The summed E-state index contributed by atoms with van der Waals surface area (Å²) in [6.07, 6.45) is 0. The minimum atomic E-state index is -0.301. The molecule has 0 saturated carbocycles. The second-order valence-electron chi connectivity index (χ2n) is 11.7. The lowest BCUT2D eigenvalue weighted by Gasteiger charge is -2.30. The van der Waals surface area contributed by atoms with Crippen LogP contribution in [0.25, 0.3) is 53.2 Å². The lowest BCUT2D eigenvalue weighted by Crippen LogP contribution is -2.25. The van der Waals surface area contributed by atoms with Crippen molar-refractivity contribution >= 4 is 53.7 Å². The second kappa shape index (κ2) is 8.44. The van der Waals surface area contributed by atoms with E-state index in [9.17, 15) is 0 Å². The normalized spacial score (nSPS) is 13.8. The van der Waals surface area contributed by atoms with Gasteiger partial charge in [-0.15, -0.1) is 11.3 Å². The number of hydrogen-bond donors (Lipinski definition) is 1. The molecule has 0 fully saturated rings. The lowest BCUT2D eigenvalue weighted by atomic mass is 9.70. The van der Waals surface area contributed by atoms with E-state index in [-0.39, 0.29) is 5.41 Å². The summed E-state index contributed by atoms with van der Waals surface area (Å²) in [6.45, 7) is 0. The van der Waals surface area contributed by atoms with Gasteiger partial charge in [0.1, 0.15) is 0 Å². The molecule has 1 heterocycles. The van der Waals surface area contributed by atoms with Gasteiger partial charge in [-0.1, -0.05) is 121 Å². The first-order chi connectivity index (χ1) is 21.3. The van der Waals surface area contributed by atoms with Crippen LogP contribution in [0.3, 0.4) is 0 Å². The van der Waals surface area contributed by atoms with E-state index in [1.54, 1.807) is 0 Å². The van der Waals surface area contributed by atoms with Gasteiger partial charge in [-0.2, -0.15) is 0 Å². The first-order valence-electron chi connectivity index (χ1n) is 14.9. The Bertz CT molecular complexity index is 2400. The standard InChI is InChI=1S/C41H25NS/c1-2-11-27-25(10-1)20-23-38-39(27)31-15-9-19-37(40(31)43-38)42-26-21-22-36-32(24-26)30-14-5-8-18-35(30)41(36)33-16-6-3-12-28(33)29-13-4-7-17-34(29)41/h1-24,42H. The highest BCUT2D eigenvalue weighted by Gasteiger charge is 2.51. The summed E-state index contributed by atoms with van der Waals surface area (Å²) in [4.78, 5) is 0. The predicted molar refractivity (Wildman–Crippen MR) is 183 cm³/mol. The molecule has 0 saturated heterocycles. The van der Waals surface area contributed by atoms with E-state index in [0.29, 0.717) is 0 Å². The summed E-state index contributed by atoms with van der Waals surface area (Å²) in [7, 11) is 0. The van der Waals surface area contributed by atoms with E-state index in [1.165, 1.54) is 75.5 Å². The van der Waals surface area contributed by atoms with Crippen LogP contribution in [0, 0.1) is 0 Å². The van der Waals surface area contributed by atoms with E-state index in [2.05, 4.69) is 151 Å². The van der Waals surface area contributed by atoms with Crippen molar-refractivity contribution in [1.82, 2.24) is 0 Å². The molecule has 10 rings (SSSR count). The number of rotatable bonds is 2. The van der Waals surface area contributed by atoms with E-state index in [4.69, 9.17) is 0 Å². The molecule has 0 bridgehead atoms. The fourth-order valence-corrected chi connectivity index (χ4v) is 9.19. The lowest BCUT2D eigenvalue weighted by molar-refractivity contribution is 0.794. The van der Waals surface area contributed by atoms with Crippen molar-refractivity contribution < 1.29 is 0 Å². The summed E-state index contributed by atoms with van der Waals surface area (Å²) < 4.78 is 2.62. The molecule has 0 amide bonds. The number of thiophene rings is 1. The Labute approximate surface area is 253 Å². The van der Waals surface area contributed by atoms with Gasteiger partial charge in [-0.3, -0.25) is 0 Å². The Hall–Kier alpha value is -5.18. The fraction of sp³-hybridized carbons (Fsp3) is 0.0244. The fourth-order valence-electron chi connectivity index (χ4n) is 8.00. The van der Waals surface area contributed by atoms with Gasteiger partial charge in [0, 0.05) is 21.2 Å². The molecule has 8 aromatic rings. The molecule has 0 radical (unpaired) electrons. The Morgan fingerprint density at radius 1 is 0.465 bits per heavy atom. The Kier molecular flexibility index (Phi) is 4.59. The van der Waals surface area contributed by atoms with Crippen LogP contribution in [0.1, 0.15) is 22.3 Å². The minimum Gasteiger partial charge on any atom is -0.354 e. The molecule has 2 aliphatic rings. The smallest absolute Gasteiger partial charge is 0.0725 e. The zero-order valence-electron chi connectivity index (χ0n) is 23.3. The van der Waals surface area contributed by atoms with Crippen LogP contribution >= 0.6 is 11.3 Å². The highest BCUT2D eigenvalue weighted by Crippen LogP contribution is 2.62. The van der Waals surface area contributed by atoms with Gasteiger partial charge >= 0.3 is 0 Å². The first kappa shape index (κ1) is 23.4. The Morgan fingerprint density at radius 3 is 1.81 bits per heavy atom. The van der Waals surface area contributed by atoms with Crippen molar-refractivity contribution in [3.8, 4) is 22.3 Å². The van der Waals surface area contributed by atoms with Crippen molar-refractivity contribution in [3.05, 3.63) is 168 Å². The largest absolute Gasteiger partial charge is 0.354 e. The summed E-state index contributed by atoms with van der Waals surface area (Å²) in [5, 5.41) is 9.11. The molecule has 0 aliphatic heterocycles. The predicted octanol–water partition coefficient (Wildman–Crippen LogP) is 11.3. The van der Waals surface area contributed by atoms with Crippen molar-refractivity contribution in [2.75, 3.05) is 5.32 Å². The topological polar surface area (TPSA) is 12.0 Å². The third-order valence-corrected chi connectivity index (χ3v) is 10.9. The maximum atomic E-state index is 3.84. The zero-order valence-corrected chi connectivity index (χ0v) is 24.1. The monoisotopic (exact) mass is 563 g/mol. The zero-order chi connectivity index (χ0) is 28.1. The van der Waals surface area contributed by atoms with Gasteiger partial charge in [-0.25, -0.2) is 0 Å². The van der Waals surface area contributed by atoms with Gasteiger partial charge in [0.15, 0.2) is 0 Å². The van der Waals surface area contributed by atoms with Crippen LogP contribution in [-0.4, -0.2) is 0 Å². The molecule has 0 atom stereocenters. The first-order valence-corrected chi connectivity index (χ1v) is 15.7. The Morgan fingerprint density at radius 2 is 1.07 bits per heavy atom. The summed E-state index contributed by atoms with van der Waals surface area (Å²) >= 11 is 1.87. The SMILES string of the molecule is c1ccc2c(c1)-c1ccccc1C21c2ccccc2-c2cc(Nc3cccc4c3sc3ccc5ccccc5c34)ccc21. The molecule has 1 spiro atoms. The molecule has 1 nitrogen and oxygen atoms in total. The molecule has 2 heteroatoms. The molecule has 1 aromatic heterocycles. The number of fused-ring (bicyclic) bond motifs is 15. The second-order valence-corrected chi connectivity index (χ2v) is 12.8. The van der Waals surface area contributed by atoms with Gasteiger partial charge in [0.2, 0.25) is 0 Å².